The zero-order chi connectivity index (χ0) is 16.8. The van der Waals surface area contributed by atoms with Crippen LogP contribution in [-0.4, -0.2) is 36.0 Å². The van der Waals surface area contributed by atoms with Crippen molar-refractivity contribution in [3.05, 3.63) is 29.8 Å². The monoisotopic (exact) mass is 314 g/mol. The number of carbonyl (C=O) groups excluding carboxylic acids is 2. The molecule has 6 nitrogen and oxygen atoms in total. The largest absolute Gasteiger partial charge is 0.336 e. The summed E-state index contributed by atoms with van der Waals surface area (Å²) in [5.41, 5.74) is 0.995. The Balaban J connectivity index is 1.89. The van der Waals surface area contributed by atoms with Gasteiger partial charge in [-0.05, 0) is 38.8 Å². The Morgan fingerprint density at radius 3 is 2.52 bits per heavy atom. The molecule has 2 N–H and O–H groups in total. The van der Waals surface area contributed by atoms with Crippen molar-refractivity contribution < 1.29 is 9.59 Å². The lowest BCUT2D eigenvalue weighted by molar-refractivity contribution is -0.121. The second kappa shape index (κ2) is 7.63. The molecule has 1 aromatic rings. The highest BCUT2D eigenvalue weighted by Gasteiger charge is 2.27. The molecule has 1 fully saturated rings. The van der Waals surface area contributed by atoms with Crippen LogP contribution in [0, 0.1) is 17.2 Å². The molecule has 6 heteroatoms. The third-order valence-electron chi connectivity index (χ3n) is 3.87. The predicted octanol–water partition coefficient (Wildman–Crippen LogP) is 2.33. The smallest absolute Gasteiger partial charge is 0.317 e. The summed E-state index contributed by atoms with van der Waals surface area (Å²) in [6, 6.07) is 9.05. The number of amides is 3. The highest BCUT2D eigenvalue weighted by Crippen LogP contribution is 2.21. The van der Waals surface area contributed by atoms with Gasteiger partial charge in [-0.25, -0.2) is 4.79 Å². The fourth-order valence-corrected chi connectivity index (χ4v) is 2.61. The Morgan fingerprint density at radius 2 is 1.91 bits per heavy atom. The molecule has 0 aromatic heterocycles. The van der Waals surface area contributed by atoms with Gasteiger partial charge in [0.1, 0.15) is 6.07 Å². The number of benzene rings is 1. The van der Waals surface area contributed by atoms with E-state index in [1.54, 1.807) is 29.2 Å². The van der Waals surface area contributed by atoms with Gasteiger partial charge in [0.05, 0.1) is 11.3 Å². The van der Waals surface area contributed by atoms with Gasteiger partial charge in [0.2, 0.25) is 5.91 Å². The van der Waals surface area contributed by atoms with E-state index in [-0.39, 0.29) is 23.9 Å². The van der Waals surface area contributed by atoms with Crippen molar-refractivity contribution in [2.24, 2.45) is 5.92 Å². The summed E-state index contributed by atoms with van der Waals surface area (Å²) in [5.74, 6) is -0.221. The van der Waals surface area contributed by atoms with E-state index in [1.807, 2.05) is 13.8 Å². The van der Waals surface area contributed by atoms with E-state index < -0.39 is 0 Å². The van der Waals surface area contributed by atoms with Crippen molar-refractivity contribution in [2.45, 2.75) is 32.7 Å². The first-order valence-corrected chi connectivity index (χ1v) is 7.86. The Kier molecular flexibility index (Phi) is 5.58. The van der Waals surface area contributed by atoms with Crippen molar-refractivity contribution in [2.75, 3.05) is 18.4 Å². The second-order valence-electron chi connectivity index (χ2n) is 6.01. The van der Waals surface area contributed by atoms with Crippen LogP contribution in [0.5, 0.6) is 0 Å². The van der Waals surface area contributed by atoms with Crippen LogP contribution in [0.15, 0.2) is 24.3 Å². The number of nitriles is 1. The molecule has 0 saturated carbocycles. The summed E-state index contributed by atoms with van der Waals surface area (Å²) >= 11 is 0. The number of hydrogen-bond donors (Lipinski definition) is 2. The van der Waals surface area contributed by atoms with Crippen LogP contribution in [0.3, 0.4) is 0 Å². The number of anilines is 1. The zero-order valence-electron chi connectivity index (χ0n) is 13.5. The van der Waals surface area contributed by atoms with E-state index in [2.05, 4.69) is 16.7 Å². The summed E-state index contributed by atoms with van der Waals surface area (Å²) in [6.45, 7) is 4.97. The third kappa shape index (κ3) is 4.46. The van der Waals surface area contributed by atoms with Crippen molar-refractivity contribution in [3.8, 4) is 6.07 Å². The molecule has 122 valence electrons. The maximum absolute atomic E-state index is 12.4. The van der Waals surface area contributed by atoms with E-state index in [0.717, 1.165) is 0 Å². The second-order valence-corrected chi connectivity index (χ2v) is 6.01. The maximum Gasteiger partial charge on any atom is 0.317 e. The van der Waals surface area contributed by atoms with Crippen LogP contribution in [-0.2, 0) is 4.79 Å². The SMILES string of the molecule is CC(C)NC(=O)N1CCC(C(=O)Nc2ccccc2C#N)CC1. The lowest BCUT2D eigenvalue weighted by atomic mass is 9.96. The van der Waals surface area contributed by atoms with Gasteiger partial charge in [0.25, 0.3) is 0 Å². The van der Waals surface area contributed by atoms with Gasteiger partial charge < -0.3 is 15.5 Å². The lowest BCUT2D eigenvalue weighted by Crippen LogP contribution is -2.47. The molecule has 0 spiro atoms. The van der Waals surface area contributed by atoms with Crippen LogP contribution < -0.4 is 10.6 Å². The zero-order valence-corrected chi connectivity index (χ0v) is 13.5. The summed E-state index contributed by atoms with van der Waals surface area (Å²) in [5, 5.41) is 14.7. The molecule has 0 aliphatic carbocycles. The minimum absolute atomic E-state index is 0.0753. The van der Waals surface area contributed by atoms with Gasteiger partial charge in [-0.2, -0.15) is 5.26 Å². The fourth-order valence-electron chi connectivity index (χ4n) is 2.61. The number of carbonyl (C=O) groups is 2. The number of likely N-dealkylation sites (tertiary alicyclic amines) is 1. The van der Waals surface area contributed by atoms with Crippen LogP contribution in [0.25, 0.3) is 0 Å². The van der Waals surface area contributed by atoms with E-state index in [1.165, 1.54) is 0 Å². The molecule has 2 rings (SSSR count). The summed E-state index contributed by atoms with van der Waals surface area (Å²) in [4.78, 5) is 26.0. The molecule has 1 aliphatic heterocycles. The van der Waals surface area contributed by atoms with Gasteiger partial charge in [-0.1, -0.05) is 12.1 Å². The number of hydrogen-bond acceptors (Lipinski definition) is 3. The predicted molar refractivity (Wildman–Crippen MR) is 87.8 cm³/mol. The molecule has 1 saturated heterocycles. The first kappa shape index (κ1) is 16.8. The molecule has 0 bridgehead atoms. The molecule has 1 aromatic carbocycles. The van der Waals surface area contributed by atoms with Gasteiger partial charge >= 0.3 is 6.03 Å². The molecule has 1 aliphatic rings. The first-order valence-electron chi connectivity index (χ1n) is 7.86. The number of urea groups is 1. The van der Waals surface area contributed by atoms with E-state index in [9.17, 15) is 9.59 Å². The van der Waals surface area contributed by atoms with Crippen molar-refractivity contribution >= 4 is 17.6 Å². The summed E-state index contributed by atoms with van der Waals surface area (Å²) in [7, 11) is 0. The summed E-state index contributed by atoms with van der Waals surface area (Å²) in [6.07, 6.45) is 1.26. The Bertz CT molecular complexity index is 613. The maximum atomic E-state index is 12.4. The number of piperidine rings is 1. The van der Waals surface area contributed by atoms with Crippen LogP contribution >= 0.6 is 0 Å². The molecule has 0 atom stereocenters. The average molecular weight is 314 g/mol. The fraction of sp³-hybridized carbons (Fsp3) is 0.471. The molecular formula is C17H22N4O2. The van der Waals surface area contributed by atoms with Crippen molar-refractivity contribution in [1.82, 2.24) is 10.2 Å². The summed E-state index contributed by atoms with van der Waals surface area (Å²) < 4.78 is 0. The van der Waals surface area contributed by atoms with E-state index >= 15 is 0 Å². The van der Waals surface area contributed by atoms with Gasteiger partial charge in [0, 0.05) is 25.0 Å². The highest BCUT2D eigenvalue weighted by molar-refractivity contribution is 5.94. The highest BCUT2D eigenvalue weighted by atomic mass is 16.2. The normalized spacial score (nSPS) is 15.1. The quantitative estimate of drug-likeness (QED) is 0.898. The minimum Gasteiger partial charge on any atom is -0.336 e. The molecule has 23 heavy (non-hydrogen) atoms. The van der Waals surface area contributed by atoms with Crippen LogP contribution in [0.2, 0.25) is 0 Å². The lowest BCUT2D eigenvalue weighted by Gasteiger charge is -2.32. The number of nitrogens with one attached hydrogen (secondary N) is 2. The van der Waals surface area contributed by atoms with Crippen molar-refractivity contribution in [3.63, 3.8) is 0 Å². The molecule has 0 radical (unpaired) electrons. The molecule has 0 unspecified atom stereocenters. The average Bonchev–Trinajstić information content (AvgIpc) is 2.55. The molecule has 3 amide bonds. The van der Waals surface area contributed by atoms with Gasteiger partial charge in [-0.15, -0.1) is 0 Å². The molecule has 1 heterocycles. The topological polar surface area (TPSA) is 85.2 Å². The standard InChI is InChI=1S/C17H22N4O2/c1-12(2)19-17(23)21-9-7-13(8-10-21)16(22)20-15-6-4-3-5-14(15)11-18/h3-6,12-13H,7-10H2,1-2H3,(H,19,23)(H,20,22). The van der Waals surface area contributed by atoms with E-state index in [0.29, 0.717) is 37.2 Å². The number of nitrogens with zero attached hydrogens (tertiary/aromatic N) is 2. The van der Waals surface area contributed by atoms with Crippen LogP contribution in [0.1, 0.15) is 32.3 Å². The minimum atomic E-state index is -0.134. The number of para-hydroxylation sites is 1. The third-order valence-corrected chi connectivity index (χ3v) is 3.87. The van der Waals surface area contributed by atoms with Gasteiger partial charge in [-0.3, -0.25) is 4.79 Å². The van der Waals surface area contributed by atoms with Crippen LogP contribution in [0.4, 0.5) is 10.5 Å². The Morgan fingerprint density at radius 1 is 1.26 bits per heavy atom. The van der Waals surface area contributed by atoms with Crippen molar-refractivity contribution in [1.29, 1.82) is 5.26 Å². The Hall–Kier alpha value is -2.55. The van der Waals surface area contributed by atoms with Gasteiger partial charge in [0.15, 0.2) is 0 Å². The number of rotatable bonds is 3. The molecular weight excluding hydrogens is 292 g/mol. The van der Waals surface area contributed by atoms with E-state index in [4.69, 9.17) is 5.26 Å². The Labute approximate surface area is 136 Å². The first-order chi connectivity index (χ1) is 11.0.